The highest BCUT2D eigenvalue weighted by Gasteiger charge is 2.25. The minimum atomic E-state index is 0.458. The molecule has 4 rings (SSSR count). The van der Waals surface area contributed by atoms with Crippen molar-refractivity contribution in [3.05, 3.63) is 53.4 Å². The third-order valence-corrected chi connectivity index (χ3v) is 5.96. The van der Waals surface area contributed by atoms with E-state index in [4.69, 9.17) is 21.6 Å². The second-order valence-electron chi connectivity index (χ2n) is 6.04. The van der Waals surface area contributed by atoms with Crippen molar-refractivity contribution in [3.63, 3.8) is 0 Å². The Hall–Kier alpha value is -1.92. The number of fused-ring (bicyclic) bond motifs is 1. The topological polar surface area (TPSA) is 41.3 Å². The predicted octanol–water partition coefficient (Wildman–Crippen LogP) is 4.14. The molecule has 0 unspecified atom stereocenters. The van der Waals surface area contributed by atoms with Crippen LogP contribution in [0.2, 0.25) is 0 Å². The average Bonchev–Trinajstić information content (AvgIpc) is 3.29. The summed E-state index contributed by atoms with van der Waals surface area (Å²) in [4.78, 5) is 7.09. The minimum Gasteiger partial charge on any atom is -0.467 e. The smallest absolute Gasteiger partial charge is 0.169 e. The maximum Gasteiger partial charge on any atom is 0.169 e. The highest BCUT2D eigenvalue weighted by molar-refractivity contribution is 7.80. The summed E-state index contributed by atoms with van der Waals surface area (Å²) in [6.45, 7) is 2.57. The van der Waals surface area contributed by atoms with Gasteiger partial charge in [-0.05, 0) is 49.3 Å². The Morgan fingerprint density at radius 3 is 3.08 bits per heavy atom. The molecule has 1 saturated heterocycles. The van der Waals surface area contributed by atoms with Gasteiger partial charge in [0.1, 0.15) is 5.76 Å². The number of rotatable bonds is 3. The number of thiazole rings is 1. The first kappa shape index (κ1) is 15.6. The quantitative estimate of drug-likeness (QED) is 0.714. The van der Waals surface area contributed by atoms with E-state index >= 15 is 0 Å². The summed E-state index contributed by atoms with van der Waals surface area (Å²) < 4.78 is 6.61. The van der Waals surface area contributed by atoms with Gasteiger partial charge in [0, 0.05) is 19.0 Å². The number of piperidine rings is 1. The molecule has 1 atom stereocenters. The van der Waals surface area contributed by atoms with E-state index < -0.39 is 0 Å². The maximum atomic E-state index is 5.57. The molecule has 2 aromatic heterocycles. The molecule has 1 aromatic carbocycles. The summed E-state index contributed by atoms with van der Waals surface area (Å²) in [6.07, 6.45) is 4.00. The molecule has 0 amide bonds. The van der Waals surface area contributed by atoms with E-state index in [1.54, 1.807) is 6.26 Å². The summed E-state index contributed by atoms with van der Waals surface area (Å²) >= 11 is 7.38. The Bertz CT molecular complexity index is 795. The van der Waals surface area contributed by atoms with E-state index in [2.05, 4.69) is 28.4 Å². The zero-order valence-corrected chi connectivity index (χ0v) is 14.9. The lowest BCUT2D eigenvalue weighted by atomic mass is 9.99. The third-order valence-electron chi connectivity index (χ3n) is 4.36. The van der Waals surface area contributed by atoms with Gasteiger partial charge in [-0.1, -0.05) is 12.1 Å². The van der Waals surface area contributed by atoms with Crippen molar-refractivity contribution in [3.8, 4) is 0 Å². The SMILES string of the molecule is S=C(NCc1ccco1)N1CCC[C@@H](c2nc3ccccc3s2)C1. The molecule has 3 heterocycles. The minimum absolute atomic E-state index is 0.458. The van der Waals surface area contributed by atoms with Crippen molar-refractivity contribution in [2.45, 2.75) is 25.3 Å². The van der Waals surface area contributed by atoms with E-state index in [1.165, 1.54) is 16.1 Å². The monoisotopic (exact) mass is 357 g/mol. The Kier molecular flexibility index (Phi) is 4.49. The number of hydrogen-bond donors (Lipinski definition) is 1. The van der Waals surface area contributed by atoms with Gasteiger partial charge in [0.2, 0.25) is 0 Å². The highest BCUT2D eigenvalue weighted by Crippen LogP contribution is 2.32. The number of likely N-dealkylation sites (tertiary alicyclic amines) is 1. The molecule has 1 aliphatic rings. The van der Waals surface area contributed by atoms with E-state index in [0.29, 0.717) is 12.5 Å². The first-order valence-electron chi connectivity index (χ1n) is 8.20. The lowest BCUT2D eigenvalue weighted by Gasteiger charge is -2.33. The number of thiocarbonyl (C=S) groups is 1. The molecule has 1 fully saturated rings. The number of furan rings is 1. The van der Waals surface area contributed by atoms with Gasteiger partial charge in [-0.2, -0.15) is 0 Å². The van der Waals surface area contributed by atoms with Crippen LogP contribution in [0.1, 0.15) is 29.5 Å². The summed E-state index contributed by atoms with van der Waals surface area (Å²) in [6, 6.07) is 12.2. The molecular formula is C18H19N3OS2. The molecule has 4 nitrogen and oxygen atoms in total. The second kappa shape index (κ2) is 6.91. The molecule has 3 aromatic rings. The van der Waals surface area contributed by atoms with Crippen molar-refractivity contribution in [1.82, 2.24) is 15.2 Å². The predicted molar refractivity (Wildman–Crippen MR) is 101 cm³/mol. The largest absolute Gasteiger partial charge is 0.467 e. The molecule has 1 N–H and O–H groups in total. The Labute approximate surface area is 150 Å². The van der Waals surface area contributed by atoms with Crippen molar-refractivity contribution < 1.29 is 4.42 Å². The van der Waals surface area contributed by atoms with Crippen LogP contribution in [0.3, 0.4) is 0 Å². The number of nitrogens with one attached hydrogen (secondary N) is 1. The van der Waals surface area contributed by atoms with Gasteiger partial charge in [0.05, 0.1) is 28.0 Å². The number of hydrogen-bond acceptors (Lipinski definition) is 4. The Morgan fingerprint density at radius 1 is 1.33 bits per heavy atom. The molecule has 0 bridgehead atoms. The molecule has 0 saturated carbocycles. The standard InChI is InChI=1S/C18H19N3OS2/c23-18(19-11-14-6-4-10-22-14)21-9-3-5-13(12-21)17-20-15-7-1-2-8-16(15)24-17/h1-2,4,6-8,10,13H,3,5,9,11-12H2,(H,19,23)/t13-/m1/s1. The summed E-state index contributed by atoms with van der Waals surface area (Å²) in [7, 11) is 0. The maximum absolute atomic E-state index is 5.57. The number of aromatic nitrogens is 1. The summed E-state index contributed by atoms with van der Waals surface area (Å²) in [5.41, 5.74) is 1.10. The fourth-order valence-electron chi connectivity index (χ4n) is 3.12. The van der Waals surface area contributed by atoms with E-state index in [1.807, 2.05) is 29.5 Å². The lowest BCUT2D eigenvalue weighted by molar-refractivity contribution is 0.304. The number of benzene rings is 1. The Morgan fingerprint density at radius 2 is 2.25 bits per heavy atom. The fraction of sp³-hybridized carbons (Fsp3) is 0.333. The normalized spacial score (nSPS) is 18.0. The average molecular weight is 358 g/mol. The van der Waals surface area contributed by atoms with Crippen molar-refractivity contribution >= 4 is 38.9 Å². The van der Waals surface area contributed by atoms with E-state index in [-0.39, 0.29) is 0 Å². The Balaban J connectivity index is 1.42. The van der Waals surface area contributed by atoms with Crippen molar-refractivity contribution in [1.29, 1.82) is 0 Å². The zero-order chi connectivity index (χ0) is 16.4. The summed E-state index contributed by atoms with van der Waals surface area (Å²) in [5, 5.41) is 5.33. The van der Waals surface area contributed by atoms with Crippen LogP contribution < -0.4 is 5.32 Å². The number of nitrogens with zero attached hydrogens (tertiary/aromatic N) is 2. The van der Waals surface area contributed by atoms with Crippen LogP contribution >= 0.6 is 23.6 Å². The van der Waals surface area contributed by atoms with Crippen LogP contribution in [-0.2, 0) is 6.54 Å². The summed E-state index contributed by atoms with van der Waals surface area (Å²) in [5.74, 6) is 1.36. The van der Waals surface area contributed by atoms with Crippen LogP contribution in [0.15, 0.2) is 47.1 Å². The zero-order valence-electron chi connectivity index (χ0n) is 13.3. The van der Waals surface area contributed by atoms with Gasteiger partial charge < -0.3 is 14.6 Å². The van der Waals surface area contributed by atoms with Crippen LogP contribution in [0.5, 0.6) is 0 Å². The lowest BCUT2D eigenvalue weighted by Crippen LogP contribution is -2.44. The molecule has 1 aliphatic heterocycles. The van der Waals surface area contributed by atoms with Gasteiger partial charge >= 0.3 is 0 Å². The molecule has 24 heavy (non-hydrogen) atoms. The van der Waals surface area contributed by atoms with Crippen LogP contribution in [0.25, 0.3) is 10.2 Å². The molecular weight excluding hydrogens is 338 g/mol. The van der Waals surface area contributed by atoms with Gasteiger partial charge in [-0.15, -0.1) is 11.3 Å². The third kappa shape index (κ3) is 3.30. The molecule has 0 spiro atoms. The number of para-hydroxylation sites is 1. The molecule has 0 aliphatic carbocycles. The fourth-order valence-corrected chi connectivity index (χ4v) is 4.45. The van der Waals surface area contributed by atoms with Gasteiger partial charge in [-0.25, -0.2) is 4.98 Å². The molecule has 124 valence electrons. The molecule has 6 heteroatoms. The van der Waals surface area contributed by atoms with Crippen molar-refractivity contribution in [2.75, 3.05) is 13.1 Å². The first-order valence-corrected chi connectivity index (χ1v) is 9.43. The van der Waals surface area contributed by atoms with Gasteiger partial charge in [0.15, 0.2) is 5.11 Å². The molecule has 0 radical (unpaired) electrons. The first-order chi connectivity index (χ1) is 11.8. The van der Waals surface area contributed by atoms with Crippen molar-refractivity contribution in [2.24, 2.45) is 0 Å². The van der Waals surface area contributed by atoms with Gasteiger partial charge in [-0.3, -0.25) is 0 Å². The van der Waals surface area contributed by atoms with E-state index in [9.17, 15) is 0 Å². The van der Waals surface area contributed by atoms with E-state index in [0.717, 1.165) is 35.9 Å². The van der Waals surface area contributed by atoms with Crippen LogP contribution in [0.4, 0.5) is 0 Å². The van der Waals surface area contributed by atoms with Crippen LogP contribution in [0, 0.1) is 0 Å². The second-order valence-corrected chi connectivity index (χ2v) is 7.49. The van der Waals surface area contributed by atoms with Crippen LogP contribution in [-0.4, -0.2) is 28.1 Å². The highest BCUT2D eigenvalue weighted by atomic mass is 32.1. The van der Waals surface area contributed by atoms with Gasteiger partial charge in [0.25, 0.3) is 0 Å².